The van der Waals surface area contributed by atoms with Gasteiger partial charge in [-0.1, -0.05) is 83.1 Å². The van der Waals surface area contributed by atoms with Crippen molar-refractivity contribution in [2.24, 2.45) is 4.99 Å². The highest BCUT2D eigenvalue weighted by molar-refractivity contribution is 7.07. The second-order valence-electron chi connectivity index (χ2n) is 7.06. The predicted molar refractivity (Wildman–Crippen MR) is 129 cm³/mol. The number of halogens is 2. The Morgan fingerprint density at radius 1 is 1.12 bits per heavy atom. The van der Waals surface area contributed by atoms with Crippen molar-refractivity contribution in [3.05, 3.63) is 107 Å². The molecule has 2 aromatic carbocycles. The van der Waals surface area contributed by atoms with Gasteiger partial charge < -0.3 is 4.74 Å². The van der Waals surface area contributed by atoms with Crippen molar-refractivity contribution in [2.45, 2.75) is 13.0 Å². The first kappa shape index (κ1) is 22.3. The number of ether oxygens (including phenoxy) is 1. The second-order valence-corrected chi connectivity index (χ2v) is 8.88. The van der Waals surface area contributed by atoms with E-state index in [1.165, 1.54) is 23.0 Å². The van der Waals surface area contributed by atoms with E-state index in [0.717, 1.165) is 11.1 Å². The summed E-state index contributed by atoms with van der Waals surface area (Å²) >= 11 is 13.4. The van der Waals surface area contributed by atoms with Crippen molar-refractivity contribution in [1.82, 2.24) is 4.57 Å². The maximum absolute atomic E-state index is 13.4. The van der Waals surface area contributed by atoms with Crippen molar-refractivity contribution in [2.75, 3.05) is 7.11 Å². The Labute approximate surface area is 198 Å². The highest BCUT2D eigenvalue weighted by Gasteiger charge is 2.30. The number of carbonyl (C=O) groups excluding carboxylic acids is 1. The van der Waals surface area contributed by atoms with Crippen molar-refractivity contribution < 1.29 is 9.53 Å². The standard InChI is InChI=1S/C24H18Cl2N2O3S/c1-14-21(23(30)31-2)19(11-9-15-6-4-3-5-7-15)28-22(29)20(32-24(28)27-14)13-16-8-10-17(25)18(26)12-16/h3-13,19H,1-2H3/b11-9+,20-13-/t19-/m0/s1. The first-order chi connectivity index (χ1) is 15.4. The number of hydrogen-bond donors (Lipinski definition) is 0. The van der Waals surface area contributed by atoms with Gasteiger partial charge in [-0.25, -0.2) is 9.79 Å². The molecule has 0 bridgehead atoms. The average molecular weight is 485 g/mol. The van der Waals surface area contributed by atoms with E-state index in [2.05, 4.69) is 4.99 Å². The lowest BCUT2D eigenvalue weighted by Crippen LogP contribution is -2.38. The van der Waals surface area contributed by atoms with Gasteiger partial charge in [0.05, 0.1) is 39.0 Å². The Kier molecular flexibility index (Phi) is 6.46. The van der Waals surface area contributed by atoms with Gasteiger partial charge in [-0.2, -0.15) is 0 Å². The van der Waals surface area contributed by atoms with Crippen LogP contribution >= 0.6 is 34.5 Å². The third-order valence-electron chi connectivity index (χ3n) is 4.98. The molecule has 0 amide bonds. The molecule has 0 N–H and O–H groups in total. The number of allylic oxidation sites excluding steroid dienone is 2. The van der Waals surface area contributed by atoms with Gasteiger partial charge in [0.25, 0.3) is 5.56 Å². The van der Waals surface area contributed by atoms with Gasteiger partial charge in [-0.15, -0.1) is 0 Å². The summed E-state index contributed by atoms with van der Waals surface area (Å²) in [7, 11) is 1.32. The van der Waals surface area contributed by atoms with Crippen LogP contribution in [-0.4, -0.2) is 17.6 Å². The van der Waals surface area contributed by atoms with Crippen LogP contribution in [0, 0.1) is 0 Å². The maximum atomic E-state index is 13.4. The average Bonchev–Trinajstić information content (AvgIpc) is 3.09. The number of nitrogens with zero attached hydrogens (tertiary/aromatic N) is 2. The quantitative estimate of drug-likeness (QED) is 0.516. The zero-order chi connectivity index (χ0) is 22.8. The normalized spacial score (nSPS) is 16.2. The maximum Gasteiger partial charge on any atom is 0.338 e. The molecule has 4 rings (SSSR count). The summed E-state index contributed by atoms with van der Waals surface area (Å²) in [5.41, 5.74) is 2.28. The molecule has 0 fully saturated rings. The van der Waals surface area contributed by atoms with Gasteiger partial charge in [0.2, 0.25) is 0 Å². The van der Waals surface area contributed by atoms with Crippen LogP contribution in [0.15, 0.2) is 75.7 Å². The van der Waals surface area contributed by atoms with Crippen molar-refractivity contribution in [3.63, 3.8) is 0 Å². The Morgan fingerprint density at radius 3 is 2.56 bits per heavy atom. The van der Waals surface area contributed by atoms with Gasteiger partial charge in [0.1, 0.15) is 0 Å². The lowest BCUT2D eigenvalue weighted by molar-refractivity contribution is -0.136. The topological polar surface area (TPSA) is 60.7 Å². The number of fused-ring (bicyclic) bond motifs is 1. The van der Waals surface area contributed by atoms with Crippen molar-refractivity contribution in [3.8, 4) is 0 Å². The van der Waals surface area contributed by atoms with Crippen LogP contribution in [0.25, 0.3) is 12.2 Å². The molecule has 8 heteroatoms. The third kappa shape index (κ3) is 4.35. The van der Waals surface area contributed by atoms with E-state index in [1.54, 1.807) is 31.2 Å². The number of aromatic nitrogens is 1. The molecule has 1 atom stereocenters. The van der Waals surface area contributed by atoms with Gasteiger partial charge in [0, 0.05) is 0 Å². The van der Waals surface area contributed by atoms with E-state index >= 15 is 0 Å². The number of hydrogen-bond acceptors (Lipinski definition) is 5. The molecule has 0 spiro atoms. The molecule has 1 aliphatic heterocycles. The fraction of sp³-hybridized carbons (Fsp3) is 0.125. The van der Waals surface area contributed by atoms with E-state index in [-0.39, 0.29) is 5.56 Å². The SMILES string of the molecule is COC(=O)C1=C(C)N=c2s/c(=C\c3ccc(Cl)c(Cl)c3)c(=O)n2[C@H]1/C=C/c1ccccc1. The van der Waals surface area contributed by atoms with E-state index < -0.39 is 12.0 Å². The molecule has 0 radical (unpaired) electrons. The molecule has 3 aromatic rings. The van der Waals surface area contributed by atoms with Crippen LogP contribution in [0.2, 0.25) is 10.0 Å². The number of esters is 1. The molecule has 1 aromatic heterocycles. The van der Waals surface area contributed by atoms with E-state index in [0.29, 0.717) is 30.6 Å². The molecular formula is C24H18Cl2N2O3S. The van der Waals surface area contributed by atoms with Gasteiger partial charge >= 0.3 is 5.97 Å². The summed E-state index contributed by atoms with van der Waals surface area (Å²) in [6.07, 6.45) is 5.43. The zero-order valence-electron chi connectivity index (χ0n) is 17.2. The van der Waals surface area contributed by atoms with Crippen LogP contribution in [-0.2, 0) is 9.53 Å². The first-order valence-electron chi connectivity index (χ1n) is 9.68. The minimum Gasteiger partial charge on any atom is -0.466 e. The molecule has 0 saturated heterocycles. The summed E-state index contributed by atoms with van der Waals surface area (Å²) in [5, 5.41) is 0.843. The molecule has 1 aliphatic rings. The third-order valence-corrected chi connectivity index (χ3v) is 6.70. The lowest BCUT2D eigenvalue weighted by Gasteiger charge is -2.21. The monoisotopic (exact) mass is 484 g/mol. The molecule has 0 saturated carbocycles. The van der Waals surface area contributed by atoms with Gasteiger partial charge in [-0.3, -0.25) is 9.36 Å². The van der Waals surface area contributed by atoms with E-state index in [4.69, 9.17) is 27.9 Å². The Morgan fingerprint density at radius 2 is 1.88 bits per heavy atom. The van der Waals surface area contributed by atoms with Gasteiger partial charge in [-0.05, 0) is 36.3 Å². The smallest absolute Gasteiger partial charge is 0.338 e. The minimum absolute atomic E-state index is 0.253. The Bertz CT molecular complexity index is 1440. The molecule has 162 valence electrons. The molecule has 0 aliphatic carbocycles. The summed E-state index contributed by atoms with van der Waals surface area (Å²) < 4.78 is 6.98. The van der Waals surface area contributed by atoms with Crippen molar-refractivity contribution >= 4 is 52.7 Å². The molecule has 5 nitrogen and oxygen atoms in total. The summed E-state index contributed by atoms with van der Waals surface area (Å²) in [6, 6.07) is 14.2. The second kappa shape index (κ2) is 9.28. The number of carbonyl (C=O) groups is 1. The summed E-state index contributed by atoms with van der Waals surface area (Å²) in [4.78, 5) is 31.0. The fourth-order valence-electron chi connectivity index (χ4n) is 3.44. The van der Waals surface area contributed by atoms with E-state index in [9.17, 15) is 9.59 Å². The van der Waals surface area contributed by atoms with Crippen LogP contribution in [0.5, 0.6) is 0 Å². The van der Waals surface area contributed by atoms with Crippen LogP contribution < -0.4 is 14.9 Å². The van der Waals surface area contributed by atoms with Crippen LogP contribution in [0.3, 0.4) is 0 Å². The molecular weight excluding hydrogens is 467 g/mol. The summed E-state index contributed by atoms with van der Waals surface area (Å²) in [6.45, 7) is 1.74. The Balaban J connectivity index is 1.88. The van der Waals surface area contributed by atoms with Crippen LogP contribution in [0.4, 0.5) is 0 Å². The highest BCUT2D eigenvalue weighted by Crippen LogP contribution is 2.26. The first-order valence-corrected chi connectivity index (χ1v) is 11.3. The minimum atomic E-state index is -0.644. The molecule has 32 heavy (non-hydrogen) atoms. The zero-order valence-corrected chi connectivity index (χ0v) is 19.5. The number of benzene rings is 2. The van der Waals surface area contributed by atoms with E-state index in [1.807, 2.05) is 42.5 Å². The molecule has 2 heterocycles. The Hall–Kier alpha value is -2.93. The lowest BCUT2D eigenvalue weighted by atomic mass is 10.0. The number of methoxy groups -OCH3 is 1. The van der Waals surface area contributed by atoms with Gasteiger partial charge in [0.15, 0.2) is 4.80 Å². The van der Waals surface area contributed by atoms with Crippen molar-refractivity contribution in [1.29, 1.82) is 0 Å². The largest absolute Gasteiger partial charge is 0.466 e. The predicted octanol–water partition coefficient (Wildman–Crippen LogP) is 4.38. The highest BCUT2D eigenvalue weighted by atomic mass is 35.5. The summed E-state index contributed by atoms with van der Waals surface area (Å²) in [5.74, 6) is -0.521. The number of rotatable bonds is 4. The fourth-order valence-corrected chi connectivity index (χ4v) is 4.80. The van der Waals surface area contributed by atoms with Crippen LogP contribution in [0.1, 0.15) is 24.1 Å². The molecule has 0 unspecified atom stereocenters. The number of thiazole rings is 1.